The lowest BCUT2D eigenvalue weighted by Crippen LogP contribution is -2.41. The first kappa shape index (κ1) is 12.9. The van der Waals surface area contributed by atoms with Gasteiger partial charge in [-0.05, 0) is 40.5 Å². The van der Waals surface area contributed by atoms with Crippen LogP contribution in [0.4, 0.5) is 0 Å². The van der Waals surface area contributed by atoms with Gasteiger partial charge in [0.05, 0.1) is 23.0 Å². The summed E-state index contributed by atoms with van der Waals surface area (Å²) in [6.45, 7) is 8.08. The summed E-state index contributed by atoms with van der Waals surface area (Å²) in [6.07, 6.45) is 5.86. The van der Waals surface area contributed by atoms with Crippen molar-refractivity contribution in [3.63, 3.8) is 0 Å². The molecule has 2 fully saturated rings. The van der Waals surface area contributed by atoms with E-state index in [9.17, 15) is 0 Å². The van der Waals surface area contributed by atoms with Crippen molar-refractivity contribution >= 4 is 12.7 Å². The normalized spacial score (nSPS) is 24.5. The molecule has 1 aliphatic heterocycles. The van der Waals surface area contributed by atoms with Crippen LogP contribution in [0.1, 0.15) is 40.5 Å². The molecule has 0 spiro atoms. The molecule has 1 aromatic rings. The Bertz CT molecular complexity index is 455. The van der Waals surface area contributed by atoms with Crippen LogP contribution in [0.15, 0.2) is 12.4 Å². The lowest BCUT2D eigenvalue weighted by Gasteiger charge is -2.32. The molecule has 1 aliphatic carbocycles. The number of nitrogens with zero attached hydrogens (tertiary/aromatic N) is 2. The highest BCUT2D eigenvalue weighted by molar-refractivity contribution is 6.61. The number of ether oxygens (including phenoxy) is 1. The zero-order valence-corrected chi connectivity index (χ0v) is 11.8. The van der Waals surface area contributed by atoms with E-state index in [-0.39, 0.29) is 11.2 Å². The summed E-state index contributed by atoms with van der Waals surface area (Å²) >= 11 is 0. The fraction of sp³-hybridized carbons (Fsp3) is 0.692. The van der Waals surface area contributed by atoms with E-state index < -0.39 is 7.12 Å². The van der Waals surface area contributed by atoms with Gasteiger partial charge >= 0.3 is 7.12 Å². The van der Waals surface area contributed by atoms with Crippen molar-refractivity contribution in [2.75, 3.05) is 0 Å². The van der Waals surface area contributed by atoms with Gasteiger partial charge in [-0.25, -0.2) is 4.98 Å². The summed E-state index contributed by atoms with van der Waals surface area (Å²) < 4.78 is 17.4. The van der Waals surface area contributed by atoms with Crippen LogP contribution in [0, 0.1) is 0 Å². The third-order valence-electron chi connectivity index (χ3n) is 3.95. The average molecular weight is 262 g/mol. The van der Waals surface area contributed by atoms with Crippen LogP contribution < -0.4 is 10.3 Å². The number of hydrogen-bond donors (Lipinski definition) is 0. The minimum atomic E-state index is -0.465. The van der Waals surface area contributed by atoms with E-state index >= 15 is 0 Å². The van der Waals surface area contributed by atoms with E-state index in [0.29, 0.717) is 17.6 Å². The molecule has 5 nitrogen and oxygen atoms in total. The first-order chi connectivity index (χ1) is 8.87. The highest BCUT2D eigenvalue weighted by atomic mass is 16.7. The molecule has 6 heteroatoms. The van der Waals surface area contributed by atoms with Gasteiger partial charge in [-0.3, -0.25) is 4.98 Å². The van der Waals surface area contributed by atoms with Crippen molar-refractivity contribution in [2.24, 2.45) is 0 Å². The summed E-state index contributed by atoms with van der Waals surface area (Å²) in [4.78, 5) is 8.59. The molecule has 0 bridgehead atoms. The molecule has 0 amide bonds. The highest BCUT2D eigenvalue weighted by Crippen LogP contribution is 2.36. The maximum atomic E-state index is 5.92. The van der Waals surface area contributed by atoms with Gasteiger partial charge < -0.3 is 14.0 Å². The number of aromatic nitrogens is 2. The molecular formula is C13H19BN2O3. The van der Waals surface area contributed by atoms with Gasteiger partial charge in [-0.2, -0.15) is 0 Å². The lowest BCUT2D eigenvalue weighted by atomic mass is 9.85. The first-order valence-electron chi connectivity index (χ1n) is 6.72. The predicted octanol–water partition coefficient (Wildman–Crippen LogP) is 1.32. The van der Waals surface area contributed by atoms with E-state index in [1.165, 1.54) is 0 Å². The Hall–Kier alpha value is -1.14. The van der Waals surface area contributed by atoms with Crippen molar-refractivity contribution < 1.29 is 14.0 Å². The molecule has 0 aromatic carbocycles. The lowest BCUT2D eigenvalue weighted by molar-refractivity contribution is 0.00578. The number of rotatable bonds is 3. The predicted molar refractivity (Wildman–Crippen MR) is 71.4 cm³/mol. The zero-order valence-electron chi connectivity index (χ0n) is 11.8. The summed E-state index contributed by atoms with van der Waals surface area (Å²) in [5, 5.41) is 0. The standard InChI is InChI=1S/C13H19BN2O3/c1-12(2)13(3,4)19-14(18-12)10-7-16-11(8-15-10)17-9-5-6-9/h7-9H,5-6H2,1-4H3. The Kier molecular flexibility index (Phi) is 2.83. The summed E-state index contributed by atoms with van der Waals surface area (Å²) in [5.41, 5.74) is -0.0350. The molecule has 1 aromatic heterocycles. The third kappa shape index (κ3) is 2.47. The maximum Gasteiger partial charge on any atom is 0.516 e. The monoisotopic (exact) mass is 262 g/mol. The van der Waals surface area contributed by atoms with E-state index in [4.69, 9.17) is 14.0 Å². The molecule has 19 heavy (non-hydrogen) atoms. The molecule has 1 saturated carbocycles. The molecule has 102 valence electrons. The summed E-state index contributed by atoms with van der Waals surface area (Å²) in [5.74, 6) is 0.572. The molecule has 0 atom stereocenters. The second kappa shape index (κ2) is 4.18. The smallest absolute Gasteiger partial charge is 0.473 e. The van der Waals surface area contributed by atoms with E-state index in [1.54, 1.807) is 12.4 Å². The highest BCUT2D eigenvalue weighted by Gasteiger charge is 2.52. The summed E-state index contributed by atoms with van der Waals surface area (Å²) in [6, 6.07) is 0. The van der Waals surface area contributed by atoms with E-state index in [0.717, 1.165) is 12.8 Å². The fourth-order valence-corrected chi connectivity index (χ4v) is 1.83. The van der Waals surface area contributed by atoms with Gasteiger partial charge in [0.1, 0.15) is 6.10 Å². The fourth-order valence-electron chi connectivity index (χ4n) is 1.83. The molecule has 1 saturated heterocycles. The zero-order chi connectivity index (χ0) is 13.7. The quantitative estimate of drug-likeness (QED) is 0.769. The minimum absolute atomic E-state index is 0.331. The van der Waals surface area contributed by atoms with E-state index in [2.05, 4.69) is 9.97 Å². The van der Waals surface area contributed by atoms with Crippen molar-refractivity contribution in [2.45, 2.75) is 57.8 Å². The Labute approximate surface area is 113 Å². The molecule has 3 rings (SSSR count). The van der Waals surface area contributed by atoms with Gasteiger partial charge in [-0.1, -0.05) is 0 Å². The molecule has 0 N–H and O–H groups in total. The van der Waals surface area contributed by atoms with Crippen molar-refractivity contribution in [3.8, 4) is 5.88 Å². The van der Waals surface area contributed by atoms with Crippen LogP contribution in [0.3, 0.4) is 0 Å². The Balaban J connectivity index is 1.72. The maximum absolute atomic E-state index is 5.92. The van der Waals surface area contributed by atoms with E-state index in [1.807, 2.05) is 27.7 Å². The molecule has 2 aliphatic rings. The van der Waals surface area contributed by atoms with Crippen LogP contribution in [0.25, 0.3) is 0 Å². The van der Waals surface area contributed by atoms with Crippen LogP contribution in [-0.4, -0.2) is 34.4 Å². The molecule has 0 radical (unpaired) electrons. The number of hydrogen-bond acceptors (Lipinski definition) is 5. The van der Waals surface area contributed by atoms with Gasteiger partial charge in [0, 0.05) is 6.20 Å². The minimum Gasteiger partial charge on any atom is -0.473 e. The Morgan fingerprint density at radius 3 is 2.21 bits per heavy atom. The largest absolute Gasteiger partial charge is 0.516 e. The van der Waals surface area contributed by atoms with Crippen LogP contribution in [0.5, 0.6) is 5.88 Å². The van der Waals surface area contributed by atoms with Crippen LogP contribution >= 0.6 is 0 Å². The summed E-state index contributed by atoms with van der Waals surface area (Å²) in [7, 11) is -0.465. The molecule has 2 heterocycles. The van der Waals surface area contributed by atoms with Crippen molar-refractivity contribution in [3.05, 3.63) is 12.4 Å². The second-order valence-electron chi connectivity index (χ2n) is 6.18. The Morgan fingerprint density at radius 1 is 1.11 bits per heavy atom. The SMILES string of the molecule is CC1(C)OB(c2cnc(OC3CC3)cn2)OC1(C)C. The second-order valence-corrected chi connectivity index (χ2v) is 6.18. The van der Waals surface area contributed by atoms with Crippen molar-refractivity contribution in [1.29, 1.82) is 0 Å². The van der Waals surface area contributed by atoms with Gasteiger partial charge in [0.25, 0.3) is 0 Å². The third-order valence-corrected chi connectivity index (χ3v) is 3.95. The average Bonchev–Trinajstić information content (AvgIpc) is 3.08. The molecule has 0 unspecified atom stereocenters. The molecular weight excluding hydrogens is 243 g/mol. The first-order valence-corrected chi connectivity index (χ1v) is 6.72. The van der Waals surface area contributed by atoms with Crippen molar-refractivity contribution in [1.82, 2.24) is 9.97 Å². The Morgan fingerprint density at radius 2 is 1.74 bits per heavy atom. The van der Waals surface area contributed by atoms with Gasteiger partial charge in [0.2, 0.25) is 5.88 Å². The van der Waals surface area contributed by atoms with Crippen LogP contribution in [-0.2, 0) is 9.31 Å². The van der Waals surface area contributed by atoms with Crippen LogP contribution in [0.2, 0.25) is 0 Å². The topological polar surface area (TPSA) is 53.5 Å². The van der Waals surface area contributed by atoms with Gasteiger partial charge in [-0.15, -0.1) is 0 Å². The van der Waals surface area contributed by atoms with Gasteiger partial charge in [0.15, 0.2) is 0 Å².